The molecule has 1 amide bonds. The third kappa shape index (κ3) is 2.78. The molecule has 1 atom stereocenters. The lowest BCUT2D eigenvalue weighted by Crippen LogP contribution is -2.54. The minimum absolute atomic E-state index is 0.0615. The second-order valence-electron chi connectivity index (χ2n) is 7.51. The number of carbonyl (C=O) groups is 1. The predicted molar refractivity (Wildman–Crippen MR) is 115 cm³/mol. The van der Waals surface area contributed by atoms with Gasteiger partial charge in [-0.05, 0) is 29.7 Å². The quantitative estimate of drug-likeness (QED) is 0.624. The Morgan fingerprint density at radius 2 is 1.69 bits per heavy atom. The first-order chi connectivity index (χ1) is 14.1. The molecule has 29 heavy (non-hydrogen) atoms. The van der Waals surface area contributed by atoms with Gasteiger partial charge in [-0.3, -0.25) is 19.3 Å². The van der Waals surface area contributed by atoms with Gasteiger partial charge in [0.05, 0.1) is 6.04 Å². The summed E-state index contributed by atoms with van der Waals surface area (Å²) in [4.78, 5) is 28.1. The van der Waals surface area contributed by atoms with Crippen molar-refractivity contribution in [2.45, 2.75) is 23.6 Å². The highest BCUT2D eigenvalue weighted by atomic mass is 32.2. The number of rotatable bonds is 1. The van der Waals surface area contributed by atoms with Crippen molar-refractivity contribution in [2.24, 2.45) is 0 Å². The van der Waals surface area contributed by atoms with E-state index in [0.29, 0.717) is 17.9 Å². The molecule has 0 aliphatic carbocycles. The normalized spacial score (nSPS) is 18.0. The fourth-order valence-corrected chi connectivity index (χ4v) is 5.34. The Morgan fingerprint density at radius 1 is 0.966 bits per heavy atom. The molecule has 0 bridgehead atoms. The fraction of sp³-hybridized carbons (Fsp3) is 0.217. The minimum Gasteiger partial charge on any atom is -0.321 e. The van der Waals surface area contributed by atoms with Crippen LogP contribution in [0.1, 0.15) is 38.8 Å². The summed E-state index contributed by atoms with van der Waals surface area (Å²) >= 11 is 1.84. The van der Waals surface area contributed by atoms with Gasteiger partial charge in [-0.15, -0.1) is 11.8 Å². The highest BCUT2D eigenvalue weighted by Crippen LogP contribution is 2.42. The Kier molecular flexibility index (Phi) is 4.24. The summed E-state index contributed by atoms with van der Waals surface area (Å²) in [5.41, 5.74) is 4.55. The minimum atomic E-state index is -0.124. The third-order valence-electron chi connectivity index (χ3n) is 5.75. The molecule has 2 aromatic carbocycles. The molecule has 1 aromatic heterocycles. The maximum absolute atomic E-state index is 12.9. The highest BCUT2D eigenvalue weighted by molar-refractivity contribution is 7.98. The van der Waals surface area contributed by atoms with E-state index >= 15 is 0 Å². The molecule has 0 fully saturated rings. The Hall–Kier alpha value is -2.99. The lowest BCUT2D eigenvalue weighted by atomic mass is 9.94. The summed E-state index contributed by atoms with van der Waals surface area (Å²) in [7, 11) is 1.79. The molecule has 5 nitrogen and oxygen atoms in total. The van der Waals surface area contributed by atoms with Crippen molar-refractivity contribution in [1.82, 2.24) is 9.58 Å². The number of aromatic nitrogens is 1. The predicted octanol–water partition coefficient (Wildman–Crippen LogP) is 3.53. The van der Waals surface area contributed by atoms with Crippen molar-refractivity contribution in [3.05, 3.63) is 99.0 Å². The summed E-state index contributed by atoms with van der Waals surface area (Å²) in [6.07, 6.45) is 1.73. The van der Waals surface area contributed by atoms with Crippen LogP contribution in [0.25, 0.3) is 0 Å². The maximum Gasteiger partial charge on any atom is 0.274 e. The molecule has 0 saturated carbocycles. The summed E-state index contributed by atoms with van der Waals surface area (Å²) in [6.45, 7) is 2.17. The Morgan fingerprint density at radius 3 is 2.52 bits per heavy atom. The summed E-state index contributed by atoms with van der Waals surface area (Å²) in [5.74, 6) is 0.781. The first-order valence-corrected chi connectivity index (χ1v) is 10.6. The molecule has 6 heteroatoms. The molecule has 5 rings (SSSR count). The highest BCUT2D eigenvalue weighted by Gasteiger charge is 2.36. The molecule has 0 spiro atoms. The van der Waals surface area contributed by atoms with E-state index in [2.05, 4.69) is 53.5 Å². The average Bonchev–Trinajstić information content (AvgIpc) is 2.90. The fourth-order valence-electron chi connectivity index (χ4n) is 4.25. The van der Waals surface area contributed by atoms with Crippen molar-refractivity contribution in [3.63, 3.8) is 0 Å². The lowest BCUT2D eigenvalue weighted by molar-refractivity contribution is 0.0730. The molecule has 0 radical (unpaired) electrons. The Balaban J connectivity index is 1.79. The van der Waals surface area contributed by atoms with Crippen LogP contribution in [0.2, 0.25) is 0 Å². The molecule has 0 saturated heterocycles. The molecule has 2 aliphatic rings. The number of carbonyl (C=O) groups excluding carboxylic acids is 1. The van der Waals surface area contributed by atoms with Crippen LogP contribution in [-0.4, -0.2) is 29.2 Å². The molecule has 3 aromatic rings. The third-order valence-corrected chi connectivity index (χ3v) is 6.89. The van der Waals surface area contributed by atoms with Gasteiger partial charge in [-0.25, -0.2) is 0 Å². The van der Waals surface area contributed by atoms with E-state index in [1.165, 1.54) is 21.6 Å². The van der Waals surface area contributed by atoms with E-state index in [1.807, 2.05) is 16.4 Å². The zero-order chi connectivity index (χ0) is 20.1. The van der Waals surface area contributed by atoms with Gasteiger partial charge in [0.15, 0.2) is 5.43 Å². The van der Waals surface area contributed by atoms with Gasteiger partial charge in [-0.1, -0.05) is 42.5 Å². The van der Waals surface area contributed by atoms with Crippen LogP contribution in [0.15, 0.2) is 70.5 Å². The number of benzene rings is 2. The van der Waals surface area contributed by atoms with Crippen LogP contribution in [0.5, 0.6) is 0 Å². The van der Waals surface area contributed by atoms with Crippen LogP contribution in [-0.2, 0) is 5.75 Å². The Labute approximate surface area is 173 Å². The first-order valence-electron chi connectivity index (χ1n) is 9.60. The molecule has 1 unspecified atom stereocenters. The number of nitrogens with zero attached hydrogens (tertiary/aromatic N) is 3. The monoisotopic (exact) mass is 403 g/mol. The maximum atomic E-state index is 12.9. The lowest BCUT2D eigenvalue weighted by Gasteiger charge is -2.43. The van der Waals surface area contributed by atoms with Crippen LogP contribution >= 0.6 is 11.8 Å². The molecule has 146 valence electrons. The van der Waals surface area contributed by atoms with Crippen molar-refractivity contribution >= 4 is 17.7 Å². The van der Waals surface area contributed by atoms with Gasteiger partial charge in [-0.2, -0.15) is 0 Å². The zero-order valence-electron chi connectivity index (χ0n) is 16.3. The second-order valence-corrected chi connectivity index (χ2v) is 8.53. The van der Waals surface area contributed by atoms with E-state index in [1.54, 1.807) is 31.1 Å². The van der Waals surface area contributed by atoms with Crippen molar-refractivity contribution in [2.75, 3.05) is 18.7 Å². The van der Waals surface area contributed by atoms with E-state index in [0.717, 1.165) is 5.75 Å². The smallest absolute Gasteiger partial charge is 0.274 e. The van der Waals surface area contributed by atoms with Gasteiger partial charge < -0.3 is 4.90 Å². The van der Waals surface area contributed by atoms with Crippen LogP contribution < -0.4 is 10.4 Å². The molecule has 0 N–H and O–H groups in total. The van der Waals surface area contributed by atoms with Gasteiger partial charge >= 0.3 is 0 Å². The second kappa shape index (κ2) is 6.81. The molecule has 3 heterocycles. The van der Waals surface area contributed by atoms with Gasteiger partial charge in [0.1, 0.15) is 12.4 Å². The SMILES string of the molecule is Cc1c2n(ccc1=O)N(C1c3ccccc3CSc3ccccc31)CN(C)C2=O. The number of hydrogen-bond acceptors (Lipinski definition) is 4. The summed E-state index contributed by atoms with van der Waals surface area (Å²) in [5, 5.41) is 2.19. The number of hydrogen-bond donors (Lipinski definition) is 0. The average molecular weight is 404 g/mol. The summed E-state index contributed by atoms with van der Waals surface area (Å²) in [6, 6.07) is 18.5. The zero-order valence-corrected chi connectivity index (χ0v) is 17.1. The summed E-state index contributed by atoms with van der Waals surface area (Å²) < 4.78 is 1.88. The molecular formula is C23H21N3O2S. The van der Waals surface area contributed by atoms with Crippen molar-refractivity contribution < 1.29 is 4.79 Å². The largest absolute Gasteiger partial charge is 0.321 e. The molecular weight excluding hydrogens is 382 g/mol. The van der Waals surface area contributed by atoms with Crippen LogP contribution in [0.4, 0.5) is 0 Å². The van der Waals surface area contributed by atoms with Gasteiger partial charge in [0.25, 0.3) is 5.91 Å². The Bertz CT molecular complexity index is 1140. The number of pyridine rings is 1. The number of thioether (sulfide) groups is 1. The standard InChI is InChI=1S/C23H21N3O2S/c1-15-19(27)11-12-25-21(15)23(28)24(2)14-26(25)22-17-8-4-3-7-16(17)13-29-20-10-6-5-9-18(20)22/h3-12,22H,13-14H2,1-2H3. The van der Waals surface area contributed by atoms with E-state index in [-0.39, 0.29) is 17.4 Å². The topological polar surface area (TPSA) is 45.6 Å². The van der Waals surface area contributed by atoms with Crippen LogP contribution in [0.3, 0.4) is 0 Å². The first kappa shape index (κ1) is 18.1. The van der Waals surface area contributed by atoms with E-state index < -0.39 is 0 Å². The van der Waals surface area contributed by atoms with Gasteiger partial charge in [0.2, 0.25) is 0 Å². The van der Waals surface area contributed by atoms with Crippen molar-refractivity contribution in [1.29, 1.82) is 0 Å². The van der Waals surface area contributed by atoms with E-state index in [9.17, 15) is 9.59 Å². The number of fused-ring (bicyclic) bond motifs is 3. The van der Waals surface area contributed by atoms with Crippen molar-refractivity contribution in [3.8, 4) is 0 Å². The van der Waals surface area contributed by atoms with Gasteiger partial charge in [0, 0.05) is 35.5 Å². The van der Waals surface area contributed by atoms with E-state index in [4.69, 9.17) is 0 Å². The number of amides is 1. The van der Waals surface area contributed by atoms with Crippen LogP contribution in [0, 0.1) is 6.92 Å². The molecule has 2 aliphatic heterocycles.